The molecule has 214 valence electrons. The lowest BCUT2D eigenvalue weighted by atomic mass is 9.97. The number of ether oxygens (including phenoxy) is 4. The van der Waals surface area contributed by atoms with Gasteiger partial charge in [-0.15, -0.1) is 0 Å². The SMILES string of the molecule is C=C(C)C(=O)OCC(O)CNCC(CNCC(O)COC)(CNCC(O)COC)NCC(O)COC. The molecule has 8 N–H and O–H groups in total. The summed E-state index contributed by atoms with van der Waals surface area (Å²) in [4.78, 5) is 11.5. The molecule has 0 heterocycles. The Hall–Kier alpha value is -1.23. The van der Waals surface area contributed by atoms with Gasteiger partial charge < -0.3 is 60.6 Å². The first kappa shape index (κ1) is 34.8. The van der Waals surface area contributed by atoms with E-state index in [1.165, 1.54) is 28.3 Å². The van der Waals surface area contributed by atoms with Gasteiger partial charge in [0, 0.05) is 72.7 Å². The Morgan fingerprint density at radius 2 is 1.08 bits per heavy atom. The molecule has 0 aromatic heterocycles. The molecule has 0 fully saturated rings. The normalized spacial score (nSPS) is 16.7. The highest BCUT2D eigenvalue weighted by Gasteiger charge is 2.30. The van der Waals surface area contributed by atoms with Gasteiger partial charge in [0.15, 0.2) is 0 Å². The van der Waals surface area contributed by atoms with E-state index in [9.17, 15) is 25.2 Å². The van der Waals surface area contributed by atoms with Gasteiger partial charge in [-0.3, -0.25) is 0 Å². The van der Waals surface area contributed by atoms with E-state index in [0.29, 0.717) is 19.6 Å². The van der Waals surface area contributed by atoms with Gasteiger partial charge in [-0.1, -0.05) is 6.58 Å². The van der Waals surface area contributed by atoms with Crippen molar-refractivity contribution in [2.24, 2.45) is 0 Å². The maximum atomic E-state index is 11.5. The predicted molar refractivity (Wildman–Crippen MR) is 135 cm³/mol. The van der Waals surface area contributed by atoms with Crippen LogP contribution in [0.1, 0.15) is 6.92 Å². The van der Waals surface area contributed by atoms with Gasteiger partial charge in [0.05, 0.1) is 43.7 Å². The van der Waals surface area contributed by atoms with Crippen LogP contribution in [0.25, 0.3) is 0 Å². The molecule has 0 aliphatic heterocycles. The quantitative estimate of drug-likeness (QED) is 0.0462. The second-order valence-electron chi connectivity index (χ2n) is 8.91. The summed E-state index contributed by atoms with van der Waals surface area (Å²) in [6, 6.07) is 0. The van der Waals surface area contributed by atoms with E-state index in [1.54, 1.807) is 0 Å². The molecule has 0 spiro atoms. The highest BCUT2D eigenvalue weighted by Crippen LogP contribution is 2.04. The average Bonchev–Trinajstić information content (AvgIpc) is 2.81. The third-order valence-corrected chi connectivity index (χ3v) is 5.08. The van der Waals surface area contributed by atoms with Crippen LogP contribution in [0.5, 0.6) is 0 Å². The Morgan fingerprint density at radius 1 is 0.722 bits per heavy atom. The van der Waals surface area contributed by atoms with E-state index in [4.69, 9.17) is 18.9 Å². The summed E-state index contributed by atoms with van der Waals surface area (Å²) in [5, 5.41) is 53.4. The maximum absolute atomic E-state index is 11.5. The molecular formula is C23H48N4O9. The molecule has 0 amide bonds. The van der Waals surface area contributed by atoms with Crippen LogP contribution >= 0.6 is 0 Å². The van der Waals surface area contributed by atoms with Gasteiger partial charge in [-0.2, -0.15) is 0 Å². The minimum absolute atomic E-state index is 0.131. The van der Waals surface area contributed by atoms with Gasteiger partial charge >= 0.3 is 5.97 Å². The van der Waals surface area contributed by atoms with E-state index in [1.807, 2.05) is 0 Å². The van der Waals surface area contributed by atoms with Crippen molar-refractivity contribution < 1.29 is 44.2 Å². The Bertz CT molecular complexity index is 568. The molecule has 0 aromatic carbocycles. The summed E-state index contributed by atoms with van der Waals surface area (Å²) in [6.07, 6.45) is -3.13. The van der Waals surface area contributed by atoms with Crippen LogP contribution in [0.15, 0.2) is 12.2 Å². The molecule has 4 unspecified atom stereocenters. The van der Waals surface area contributed by atoms with Gasteiger partial charge in [0.25, 0.3) is 0 Å². The van der Waals surface area contributed by atoms with Crippen LogP contribution in [0.4, 0.5) is 0 Å². The summed E-state index contributed by atoms with van der Waals surface area (Å²) in [6.45, 7) is 7.24. The van der Waals surface area contributed by atoms with Crippen LogP contribution in [-0.4, -0.2) is 150 Å². The zero-order valence-electron chi connectivity index (χ0n) is 22.1. The number of methoxy groups -OCH3 is 3. The Kier molecular flexibility index (Phi) is 20.1. The molecule has 0 saturated heterocycles. The van der Waals surface area contributed by atoms with E-state index in [-0.39, 0.29) is 58.2 Å². The van der Waals surface area contributed by atoms with Gasteiger partial charge in [0.1, 0.15) is 12.7 Å². The third kappa shape index (κ3) is 17.3. The van der Waals surface area contributed by atoms with Crippen molar-refractivity contribution in [1.82, 2.24) is 21.3 Å². The average molecular weight is 525 g/mol. The maximum Gasteiger partial charge on any atom is 0.333 e. The fourth-order valence-corrected chi connectivity index (χ4v) is 3.25. The van der Waals surface area contributed by atoms with E-state index in [0.717, 1.165) is 0 Å². The van der Waals surface area contributed by atoms with Gasteiger partial charge in [0.2, 0.25) is 0 Å². The molecule has 0 rings (SSSR count). The largest absolute Gasteiger partial charge is 0.460 e. The first-order valence-corrected chi connectivity index (χ1v) is 12.0. The van der Waals surface area contributed by atoms with Crippen molar-refractivity contribution in [2.45, 2.75) is 36.9 Å². The smallest absolute Gasteiger partial charge is 0.333 e. The number of carbonyl (C=O) groups excluding carboxylic acids is 1. The molecule has 0 aliphatic rings. The Morgan fingerprint density at radius 3 is 1.44 bits per heavy atom. The van der Waals surface area contributed by atoms with Crippen molar-refractivity contribution in [3.05, 3.63) is 12.2 Å². The van der Waals surface area contributed by atoms with Crippen LogP contribution in [0.3, 0.4) is 0 Å². The van der Waals surface area contributed by atoms with Crippen molar-refractivity contribution in [3.8, 4) is 0 Å². The van der Waals surface area contributed by atoms with Crippen molar-refractivity contribution >= 4 is 5.97 Å². The molecule has 4 atom stereocenters. The standard InChI is InChI=1S/C23H48N4O9/c1-17(2)22(32)36-13-20(30)8-26-16-23(27-9-21(31)12-35-5,14-24-6-18(28)10-33-3)15-25-7-19(29)11-34-4/h18-21,24-31H,1,6-16H2,2-5H3. The summed E-state index contributed by atoms with van der Waals surface area (Å²) in [7, 11) is 4.51. The fourth-order valence-electron chi connectivity index (χ4n) is 3.25. The lowest BCUT2D eigenvalue weighted by Gasteiger charge is -2.37. The van der Waals surface area contributed by atoms with Crippen LogP contribution in [0.2, 0.25) is 0 Å². The summed E-state index contributed by atoms with van der Waals surface area (Å²) < 4.78 is 19.9. The highest BCUT2D eigenvalue weighted by atomic mass is 16.5. The molecule has 0 radical (unpaired) electrons. The minimum atomic E-state index is -0.946. The number of rotatable bonds is 24. The van der Waals surface area contributed by atoms with Gasteiger partial charge in [-0.25, -0.2) is 4.79 Å². The lowest BCUT2D eigenvalue weighted by Crippen LogP contribution is -2.65. The van der Waals surface area contributed by atoms with Gasteiger partial charge in [-0.05, 0) is 6.92 Å². The monoisotopic (exact) mass is 524 g/mol. The second-order valence-corrected chi connectivity index (χ2v) is 8.91. The predicted octanol–water partition coefficient (Wildman–Crippen LogP) is -3.41. The number of β-amino-alcohol motifs (C(OH)–C–C–N with tert-alkyl or cyclic N) is 1. The Labute approximate surface area is 214 Å². The highest BCUT2D eigenvalue weighted by molar-refractivity contribution is 5.86. The molecule has 13 nitrogen and oxygen atoms in total. The Balaban J connectivity index is 5.27. The summed E-state index contributed by atoms with van der Waals surface area (Å²) >= 11 is 0. The number of carbonyl (C=O) groups is 1. The fraction of sp³-hybridized carbons (Fsp3) is 0.870. The second kappa shape index (κ2) is 20.8. The van der Waals surface area contributed by atoms with Crippen LogP contribution < -0.4 is 21.3 Å². The molecular weight excluding hydrogens is 476 g/mol. The summed E-state index contributed by atoms with van der Waals surface area (Å²) in [5.74, 6) is -0.574. The number of esters is 1. The minimum Gasteiger partial charge on any atom is -0.460 e. The molecule has 36 heavy (non-hydrogen) atoms. The zero-order chi connectivity index (χ0) is 27.4. The molecule has 0 saturated carbocycles. The number of hydrogen-bond acceptors (Lipinski definition) is 13. The number of hydrogen-bond donors (Lipinski definition) is 8. The van der Waals surface area contributed by atoms with E-state index >= 15 is 0 Å². The van der Waals surface area contributed by atoms with E-state index < -0.39 is 35.9 Å². The molecule has 0 bridgehead atoms. The third-order valence-electron chi connectivity index (χ3n) is 5.08. The number of aliphatic hydroxyl groups excluding tert-OH is 4. The first-order chi connectivity index (χ1) is 17.1. The first-order valence-electron chi connectivity index (χ1n) is 12.0. The van der Waals surface area contributed by atoms with E-state index in [2.05, 4.69) is 27.8 Å². The van der Waals surface area contributed by atoms with Crippen molar-refractivity contribution in [2.75, 3.05) is 93.6 Å². The number of aliphatic hydroxyl groups is 4. The van der Waals surface area contributed by atoms with Crippen LogP contribution in [0, 0.1) is 0 Å². The lowest BCUT2D eigenvalue weighted by molar-refractivity contribution is -0.141. The topological polar surface area (TPSA) is 183 Å². The molecule has 0 aliphatic carbocycles. The molecule has 0 aromatic rings. The number of nitrogens with one attached hydrogen (secondary N) is 4. The zero-order valence-corrected chi connectivity index (χ0v) is 22.1. The summed E-state index contributed by atoms with van der Waals surface area (Å²) in [5.41, 5.74) is -0.473. The van der Waals surface area contributed by atoms with Crippen molar-refractivity contribution in [1.29, 1.82) is 0 Å². The van der Waals surface area contributed by atoms with Crippen LogP contribution in [-0.2, 0) is 23.7 Å². The molecule has 13 heteroatoms. The van der Waals surface area contributed by atoms with Crippen molar-refractivity contribution in [3.63, 3.8) is 0 Å².